The number of benzene rings is 10. The molecule has 11 aromatic rings. The zero-order chi connectivity index (χ0) is 35.6. The molecular formula is C52H33NO. The van der Waals surface area contributed by atoms with Gasteiger partial charge in [0.15, 0.2) is 0 Å². The molecule has 0 saturated heterocycles. The molecule has 1 aromatic heterocycles. The number of fused-ring (bicyclic) bond motifs is 10. The summed E-state index contributed by atoms with van der Waals surface area (Å²) in [5, 5.41) is 12.2. The van der Waals surface area contributed by atoms with Gasteiger partial charge in [0, 0.05) is 16.8 Å². The van der Waals surface area contributed by atoms with Crippen LogP contribution in [0, 0.1) is 0 Å². The monoisotopic (exact) mass is 687 g/mol. The van der Waals surface area contributed by atoms with Crippen molar-refractivity contribution in [2.24, 2.45) is 0 Å². The fourth-order valence-electron chi connectivity index (χ4n) is 8.57. The number of anilines is 3. The summed E-state index contributed by atoms with van der Waals surface area (Å²) >= 11 is 0. The lowest BCUT2D eigenvalue weighted by Crippen LogP contribution is -2.10. The van der Waals surface area contributed by atoms with Crippen LogP contribution >= 0.6 is 0 Å². The van der Waals surface area contributed by atoms with E-state index in [9.17, 15) is 0 Å². The van der Waals surface area contributed by atoms with E-state index in [1.165, 1.54) is 59.8 Å². The van der Waals surface area contributed by atoms with E-state index in [-0.39, 0.29) is 0 Å². The minimum atomic E-state index is 0.870. The largest absolute Gasteiger partial charge is 0.456 e. The van der Waals surface area contributed by atoms with Crippen LogP contribution in [0.3, 0.4) is 0 Å². The molecule has 0 atom stereocenters. The Labute approximate surface area is 312 Å². The maximum absolute atomic E-state index is 6.44. The first kappa shape index (κ1) is 30.5. The van der Waals surface area contributed by atoms with Crippen LogP contribution in [-0.4, -0.2) is 0 Å². The first-order valence-electron chi connectivity index (χ1n) is 18.5. The van der Waals surface area contributed by atoms with Crippen molar-refractivity contribution in [3.8, 4) is 22.3 Å². The zero-order valence-electron chi connectivity index (χ0n) is 29.4. The van der Waals surface area contributed by atoms with E-state index in [2.05, 4.69) is 199 Å². The fraction of sp³-hybridized carbons (Fsp3) is 0. The van der Waals surface area contributed by atoms with Crippen LogP contribution in [-0.2, 0) is 0 Å². The molecule has 54 heavy (non-hydrogen) atoms. The van der Waals surface area contributed by atoms with E-state index in [0.717, 1.165) is 44.6 Å². The first-order chi connectivity index (χ1) is 26.8. The van der Waals surface area contributed by atoms with Crippen molar-refractivity contribution in [1.29, 1.82) is 0 Å². The summed E-state index contributed by atoms with van der Waals surface area (Å²) in [4.78, 5) is 2.41. The predicted octanol–water partition coefficient (Wildman–Crippen LogP) is 15.0. The SMILES string of the molecule is c1cc(-c2cccc(N(c3ccc4c5ccccc5c5ccccc5c4c3)c3cccc4oc5ccccc5c34)c2)cc(-c2cccc3ccccc23)c1. The molecule has 0 aliphatic heterocycles. The van der Waals surface area contributed by atoms with E-state index < -0.39 is 0 Å². The van der Waals surface area contributed by atoms with Gasteiger partial charge in [-0.3, -0.25) is 0 Å². The van der Waals surface area contributed by atoms with Crippen LogP contribution in [0.2, 0.25) is 0 Å². The lowest BCUT2D eigenvalue weighted by molar-refractivity contribution is 0.669. The van der Waals surface area contributed by atoms with Crippen molar-refractivity contribution < 1.29 is 4.42 Å². The van der Waals surface area contributed by atoms with E-state index >= 15 is 0 Å². The van der Waals surface area contributed by atoms with Crippen molar-refractivity contribution in [1.82, 2.24) is 0 Å². The van der Waals surface area contributed by atoms with Gasteiger partial charge in [-0.2, -0.15) is 0 Å². The smallest absolute Gasteiger partial charge is 0.137 e. The maximum atomic E-state index is 6.44. The molecule has 1 heterocycles. The van der Waals surface area contributed by atoms with Crippen LogP contribution in [0.5, 0.6) is 0 Å². The van der Waals surface area contributed by atoms with Crippen LogP contribution < -0.4 is 4.90 Å². The molecule has 0 bridgehead atoms. The third-order valence-electron chi connectivity index (χ3n) is 11.0. The van der Waals surface area contributed by atoms with Crippen molar-refractivity contribution in [2.45, 2.75) is 0 Å². The van der Waals surface area contributed by atoms with Gasteiger partial charge in [-0.15, -0.1) is 0 Å². The average Bonchev–Trinajstić information content (AvgIpc) is 3.63. The van der Waals surface area contributed by atoms with Crippen LogP contribution in [0.4, 0.5) is 17.1 Å². The molecule has 10 aromatic carbocycles. The molecule has 0 saturated carbocycles. The van der Waals surface area contributed by atoms with Crippen molar-refractivity contribution in [2.75, 3.05) is 4.90 Å². The molecule has 0 N–H and O–H groups in total. The average molecular weight is 688 g/mol. The topological polar surface area (TPSA) is 16.4 Å². The number of furan rings is 1. The second-order valence-corrected chi connectivity index (χ2v) is 14.1. The highest BCUT2D eigenvalue weighted by Crippen LogP contribution is 2.46. The van der Waals surface area contributed by atoms with Gasteiger partial charge >= 0.3 is 0 Å². The fourth-order valence-corrected chi connectivity index (χ4v) is 8.57. The summed E-state index contributed by atoms with van der Waals surface area (Å²) in [6, 6.07) is 72.3. The lowest BCUT2D eigenvalue weighted by Gasteiger charge is -2.27. The van der Waals surface area contributed by atoms with E-state index in [1.54, 1.807) is 0 Å². The number of nitrogens with zero attached hydrogens (tertiary/aromatic N) is 1. The summed E-state index contributed by atoms with van der Waals surface area (Å²) in [5.74, 6) is 0. The highest BCUT2D eigenvalue weighted by molar-refractivity contribution is 6.26. The number of hydrogen-bond acceptors (Lipinski definition) is 2. The normalized spacial score (nSPS) is 11.7. The van der Waals surface area contributed by atoms with Gasteiger partial charge in [-0.1, -0.05) is 152 Å². The molecule has 0 spiro atoms. The van der Waals surface area contributed by atoms with Gasteiger partial charge in [0.2, 0.25) is 0 Å². The number of hydrogen-bond donors (Lipinski definition) is 0. The molecule has 0 radical (unpaired) electrons. The Morgan fingerprint density at radius 3 is 1.65 bits per heavy atom. The number of rotatable bonds is 5. The Hall–Kier alpha value is -7.16. The molecule has 0 aliphatic rings. The van der Waals surface area contributed by atoms with E-state index in [4.69, 9.17) is 4.42 Å². The third-order valence-corrected chi connectivity index (χ3v) is 11.0. The minimum Gasteiger partial charge on any atom is -0.456 e. The Balaban J connectivity index is 1.14. The van der Waals surface area contributed by atoms with Gasteiger partial charge in [-0.25, -0.2) is 0 Å². The molecule has 0 unspecified atom stereocenters. The van der Waals surface area contributed by atoms with Gasteiger partial charge in [-0.05, 0) is 114 Å². The Morgan fingerprint density at radius 1 is 0.315 bits per heavy atom. The minimum absolute atomic E-state index is 0.870. The van der Waals surface area contributed by atoms with Gasteiger partial charge in [0.1, 0.15) is 11.2 Å². The second-order valence-electron chi connectivity index (χ2n) is 14.1. The molecule has 2 heteroatoms. The quantitative estimate of drug-likeness (QED) is 0.168. The third kappa shape index (κ3) is 4.81. The van der Waals surface area contributed by atoms with E-state index in [1.807, 2.05) is 6.07 Å². The van der Waals surface area contributed by atoms with Crippen molar-refractivity contribution >= 4 is 82.1 Å². The summed E-state index contributed by atoms with van der Waals surface area (Å²) in [6.45, 7) is 0. The molecule has 0 aliphatic carbocycles. The van der Waals surface area contributed by atoms with Crippen molar-refractivity contribution in [3.63, 3.8) is 0 Å². The summed E-state index contributed by atoms with van der Waals surface area (Å²) < 4.78 is 6.44. The van der Waals surface area contributed by atoms with Gasteiger partial charge in [0.25, 0.3) is 0 Å². The molecule has 252 valence electrons. The van der Waals surface area contributed by atoms with E-state index in [0.29, 0.717) is 0 Å². The zero-order valence-corrected chi connectivity index (χ0v) is 29.4. The molecular weight excluding hydrogens is 655 g/mol. The van der Waals surface area contributed by atoms with Crippen LogP contribution in [0.15, 0.2) is 205 Å². The lowest BCUT2D eigenvalue weighted by atomic mass is 9.93. The number of para-hydroxylation sites is 1. The Kier molecular flexibility index (Phi) is 6.90. The highest BCUT2D eigenvalue weighted by atomic mass is 16.3. The van der Waals surface area contributed by atoms with Gasteiger partial charge < -0.3 is 9.32 Å². The molecule has 2 nitrogen and oxygen atoms in total. The molecule has 0 fully saturated rings. The summed E-state index contributed by atoms with van der Waals surface area (Å²) in [6.07, 6.45) is 0. The maximum Gasteiger partial charge on any atom is 0.137 e. The summed E-state index contributed by atoms with van der Waals surface area (Å²) in [7, 11) is 0. The predicted molar refractivity (Wildman–Crippen MR) is 229 cm³/mol. The second kappa shape index (κ2) is 12.2. The summed E-state index contributed by atoms with van der Waals surface area (Å²) in [5.41, 5.74) is 9.75. The Bertz CT molecular complexity index is 3200. The van der Waals surface area contributed by atoms with Crippen LogP contribution in [0.25, 0.3) is 87.3 Å². The Morgan fingerprint density at radius 2 is 0.852 bits per heavy atom. The standard InChI is InChI=1S/C52H33NO/c1-2-19-40-34(13-1)14-11-25-41(40)37-17-9-15-35(31-37)36-16-10-18-38(32-36)53(49-26-12-28-51-52(49)47-24-7-8-27-50(47)54-51)39-29-30-46-44-22-4-3-20-42(44)43-21-5-6-23-45(43)48(46)33-39/h1-33H. The first-order valence-corrected chi connectivity index (χ1v) is 18.5. The molecule has 0 amide bonds. The van der Waals surface area contributed by atoms with Crippen LogP contribution in [0.1, 0.15) is 0 Å². The van der Waals surface area contributed by atoms with Crippen molar-refractivity contribution in [3.05, 3.63) is 200 Å². The van der Waals surface area contributed by atoms with Gasteiger partial charge in [0.05, 0.1) is 11.1 Å². The highest BCUT2D eigenvalue weighted by Gasteiger charge is 2.21. The molecule has 11 rings (SSSR count).